The second-order valence-electron chi connectivity index (χ2n) is 3.36. The van der Waals surface area contributed by atoms with Gasteiger partial charge in [-0.05, 0) is 12.8 Å². The normalized spacial score (nSPS) is 12.8. The summed E-state index contributed by atoms with van der Waals surface area (Å²) in [5, 5.41) is 1.24. The van der Waals surface area contributed by atoms with E-state index in [9.17, 15) is 4.79 Å². The highest BCUT2D eigenvalue weighted by Gasteiger charge is 2.18. The van der Waals surface area contributed by atoms with Gasteiger partial charge in [-0.3, -0.25) is 4.79 Å². The molecule has 0 saturated carbocycles. The molecule has 0 spiro atoms. The van der Waals surface area contributed by atoms with Crippen molar-refractivity contribution in [3.8, 4) is 0 Å². The van der Waals surface area contributed by atoms with Gasteiger partial charge in [-0.2, -0.15) is 0 Å². The quantitative estimate of drug-likeness (QED) is 0.780. The SMILES string of the molecule is CCc1nc(C(=O)C(C)CC)sc1N. The van der Waals surface area contributed by atoms with Crippen LogP contribution in [0.25, 0.3) is 0 Å². The topological polar surface area (TPSA) is 56.0 Å². The summed E-state index contributed by atoms with van der Waals surface area (Å²) in [6.45, 7) is 5.91. The van der Waals surface area contributed by atoms with Crippen LogP contribution >= 0.6 is 11.3 Å². The van der Waals surface area contributed by atoms with E-state index in [0.717, 1.165) is 18.5 Å². The van der Waals surface area contributed by atoms with Crippen LogP contribution in [-0.2, 0) is 6.42 Å². The molecule has 0 radical (unpaired) electrons. The van der Waals surface area contributed by atoms with E-state index in [0.29, 0.717) is 10.0 Å². The Labute approximate surface area is 88.3 Å². The number of nitrogens with two attached hydrogens (primary N) is 1. The van der Waals surface area contributed by atoms with Crippen LogP contribution in [0, 0.1) is 5.92 Å². The number of aromatic nitrogens is 1. The number of thiazole rings is 1. The third-order valence-electron chi connectivity index (χ3n) is 2.33. The molecule has 0 aliphatic rings. The van der Waals surface area contributed by atoms with Gasteiger partial charge in [0.25, 0.3) is 0 Å². The second-order valence-corrected chi connectivity index (χ2v) is 4.39. The third-order valence-corrected chi connectivity index (χ3v) is 3.27. The number of hydrogen-bond donors (Lipinski definition) is 1. The van der Waals surface area contributed by atoms with Crippen molar-refractivity contribution in [3.63, 3.8) is 0 Å². The number of carbonyl (C=O) groups excluding carboxylic acids is 1. The maximum atomic E-state index is 11.7. The number of anilines is 1. The molecular weight excluding hydrogens is 196 g/mol. The van der Waals surface area contributed by atoms with Crippen molar-refractivity contribution < 1.29 is 4.79 Å². The molecule has 0 aliphatic heterocycles. The number of Topliss-reactive ketones (excluding diaryl/α,β-unsaturated/α-hetero) is 1. The fourth-order valence-electron chi connectivity index (χ4n) is 1.12. The Balaban J connectivity index is 2.91. The summed E-state index contributed by atoms with van der Waals surface area (Å²) < 4.78 is 0. The monoisotopic (exact) mass is 212 g/mol. The number of rotatable bonds is 4. The first-order valence-electron chi connectivity index (χ1n) is 4.89. The predicted molar refractivity (Wildman–Crippen MR) is 59.7 cm³/mol. The van der Waals surface area contributed by atoms with Crippen molar-refractivity contribution in [2.75, 3.05) is 5.73 Å². The van der Waals surface area contributed by atoms with E-state index >= 15 is 0 Å². The Kier molecular flexibility index (Phi) is 3.63. The maximum Gasteiger partial charge on any atom is 0.194 e. The molecular formula is C10H16N2OS. The van der Waals surface area contributed by atoms with Gasteiger partial charge in [0.15, 0.2) is 10.8 Å². The molecule has 0 fully saturated rings. The summed E-state index contributed by atoms with van der Waals surface area (Å²) >= 11 is 1.31. The molecule has 2 N–H and O–H groups in total. The molecule has 3 nitrogen and oxygen atoms in total. The van der Waals surface area contributed by atoms with Gasteiger partial charge in [0, 0.05) is 5.92 Å². The molecule has 1 rings (SSSR count). The lowest BCUT2D eigenvalue weighted by Gasteiger charge is -2.02. The van der Waals surface area contributed by atoms with Crippen LogP contribution in [-0.4, -0.2) is 10.8 Å². The zero-order valence-corrected chi connectivity index (χ0v) is 9.65. The molecule has 0 bridgehead atoms. The van der Waals surface area contributed by atoms with E-state index in [-0.39, 0.29) is 11.7 Å². The number of aryl methyl sites for hydroxylation is 1. The van der Waals surface area contributed by atoms with E-state index in [1.807, 2.05) is 20.8 Å². The summed E-state index contributed by atoms with van der Waals surface area (Å²) in [7, 11) is 0. The molecule has 1 aromatic rings. The minimum atomic E-state index is 0.0465. The Hall–Kier alpha value is -0.900. The molecule has 0 saturated heterocycles. The Morgan fingerprint density at radius 3 is 2.64 bits per heavy atom. The summed E-state index contributed by atoms with van der Waals surface area (Å²) in [6, 6.07) is 0. The first-order chi connectivity index (χ1) is 6.60. The number of hydrogen-bond acceptors (Lipinski definition) is 4. The largest absolute Gasteiger partial charge is 0.389 e. The first-order valence-corrected chi connectivity index (χ1v) is 5.71. The summed E-state index contributed by atoms with van der Waals surface area (Å²) in [5.41, 5.74) is 6.58. The number of nitrogen functional groups attached to an aromatic ring is 1. The van der Waals surface area contributed by atoms with Crippen molar-refractivity contribution >= 4 is 22.1 Å². The van der Waals surface area contributed by atoms with Crippen molar-refractivity contribution in [1.82, 2.24) is 4.98 Å². The lowest BCUT2D eigenvalue weighted by atomic mass is 10.0. The standard InChI is InChI=1S/C10H16N2OS/c1-4-6(3)8(13)10-12-7(5-2)9(11)14-10/h6H,4-5,11H2,1-3H3. The van der Waals surface area contributed by atoms with Crippen LogP contribution in [0.15, 0.2) is 0 Å². The van der Waals surface area contributed by atoms with Crippen molar-refractivity contribution in [3.05, 3.63) is 10.7 Å². The van der Waals surface area contributed by atoms with E-state index in [1.54, 1.807) is 0 Å². The lowest BCUT2D eigenvalue weighted by Crippen LogP contribution is -2.09. The highest BCUT2D eigenvalue weighted by molar-refractivity contribution is 7.17. The molecule has 1 atom stereocenters. The Morgan fingerprint density at radius 2 is 2.21 bits per heavy atom. The molecule has 1 aromatic heterocycles. The first kappa shape index (κ1) is 11.2. The molecule has 1 unspecified atom stereocenters. The third kappa shape index (κ3) is 2.12. The fourth-order valence-corrected chi connectivity index (χ4v) is 2.09. The minimum absolute atomic E-state index is 0.0465. The molecule has 4 heteroatoms. The molecule has 1 heterocycles. The van der Waals surface area contributed by atoms with Crippen LogP contribution in [0.2, 0.25) is 0 Å². The van der Waals surface area contributed by atoms with Crippen molar-refractivity contribution in [1.29, 1.82) is 0 Å². The smallest absolute Gasteiger partial charge is 0.194 e. The number of carbonyl (C=O) groups is 1. The van der Waals surface area contributed by atoms with Gasteiger partial charge in [0.05, 0.1) is 5.69 Å². The van der Waals surface area contributed by atoms with Gasteiger partial charge < -0.3 is 5.73 Å². The second kappa shape index (κ2) is 4.55. The highest BCUT2D eigenvalue weighted by Crippen LogP contribution is 2.24. The van der Waals surface area contributed by atoms with E-state index < -0.39 is 0 Å². The van der Waals surface area contributed by atoms with Crippen LogP contribution in [0.3, 0.4) is 0 Å². The van der Waals surface area contributed by atoms with Gasteiger partial charge in [-0.1, -0.05) is 32.1 Å². The molecule has 0 aliphatic carbocycles. The van der Waals surface area contributed by atoms with Crippen LogP contribution in [0.1, 0.15) is 42.7 Å². The van der Waals surface area contributed by atoms with E-state index in [4.69, 9.17) is 5.73 Å². The van der Waals surface area contributed by atoms with Crippen molar-refractivity contribution in [2.24, 2.45) is 5.92 Å². The average Bonchev–Trinajstić information content (AvgIpc) is 2.57. The maximum absolute atomic E-state index is 11.7. The van der Waals surface area contributed by atoms with Gasteiger partial charge in [0.1, 0.15) is 5.00 Å². The Bertz CT molecular complexity index is 333. The van der Waals surface area contributed by atoms with Gasteiger partial charge in [0.2, 0.25) is 0 Å². The molecule has 78 valence electrons. The predicted octanol–water partition coefficient (Wildman–Crippen LogP) is 2.52. The highest BCUT2D eigenvalue weighted by atomic mass is 32.1. The average molecular weight is 212 g/mol. The summed E-state index contributed by atoms with van der Waals surface area (Å²) in [6.07, 6.45) is 1.63. The Morgan fingerprint density at radius 1 is 1.57 bits per heavy atom. The fraction of sp³-hybridized carbons (Fsp3) is 0.600. The summed E-state index contributed by atoms with van der Waals surface area (Å²) in [4.78, 5) is 16.0. The van der Waals surface area contributed by atoms with Gasteiger partial charge >= 0.3 is 0 Å². The molecule has 14 heavy (non-hydrogen) atoms. The summed E-state index contributed by atoms with van der Waals surface area (Å²) in [5.74, 6) is 0.161. The van der Waals surface area contributed by atoms with Crippen LogP contribution < -0.4 is 5.73 Å². The number of ketones is 1. The van der Waals surface area contributed by atoms with E-state index in [2.05, 4.69) is 4.98 Å². The number of nitrogens with zero attached hydrogens (tertiary/aromatic N) is 1. The van der Waals surface area contributed by atoms with Crippen LogP contribution in [0.5, 0.6) is 0 Å². The van der Waals surface area contributed by atoms with Crippen LogP contribution in [0.4, 0.5) is 5.00 Å². The molecule has 0 aromatic carbocycles. The zero-order chi connectivity index (χ0) is 10.7. The minimum Gasteiger partial charge on any atom is -0.389 e. The lowest BCUT2D eigenvalue weighted by molar-refractivity contribution is 0.0926. The molecule has 0 amide bonds. The van der Waals surface area contributed by atoms with Gasteiger partial charge in [-0.15, -0.1) is 0 Å². The van der Waals surface area contributed by atoms with Crippen molar-refractivity contribution in [2.45, 2.75) is 33.6 Å². The zero-order valence-electron chi connectivity index (χ0n) is 8.83. The van der Waals surface area contributed by atoms with Gasteiger partial charge in [-0.25, -0.2) is 4.98 Å². The van der Waals surface area contributed by atoms with E-state index in [1.165, 1.54) is 11.3 Å².